The summed E-state index contributed by atoms with van der Waals surface area (Å²) in [5.74, 6) is -0.240. The summed E-state index contributed by atoms with van der Waals surface area (Å²) in [6, 6.07) is 0. The summed E-state index contributed by atoms with van der Waals surface area (Å²) in [5.41, 5.74) is 0.845. The molecule has 1 atom stereocenters. The van der Waals surface area contributed by atoms with Crippen molar-refractivity contribution in [3.05, 3.63) is 12.2 Å². The van der Waals surface area contributed by atoms with Crippen molar-refractivity contribution >= 4 is 11.9 Å². The monoisotopic (exact) mass is 240 g/mol. The lowest BCUT2D eigenvalue weighted by atomic mass is 9.87. The number of hydrogen-bond donors (Lipinski definition) is 0. The van der Waals surface area contributed by atoms with E-state index in [0.717, 1.165) is 18.4 Å². The topological polar surface area (TPSA) is 52.6 Å². The maximum atomic E-state index is 10.9. The van der Waals surface area contributed by atoms with E-state index in [2.05, 4.69) is 13.5 Å². The normalized spacial score (nSPS) is 22.3. The van der Waals surface area contributed by atoms with Gasteiger partial charge in [-0.2, -0.15) is 0 Å². The van der Waals surface area contributed by atoms with Gasteiger partial charge < -0.3 is 9.47 Å². The second-order valence-corrected chi connectivity index (χ2v) is 5.00. The molecule has 4 heteroatoms. The van der Waals surface area contributed by atoms with Crippen LogP contribution in [0.5, 0.6) is 0 Å². The summed E-state index contributed by atoms with van der Waals surface area (Å²) in [7, 11) is 0. The number of allylic oxidation sites excluding steroid dienone is 1. The average Bonchev–Trinajstić information content (AvgIpc) is 2.50. The van der Waals surface area contributed by atoms with Gasteiger partial charge in [0.15, 0.2) is 0 Å². The molecule has 0 radical (unpaired) electrons. The molecule has 0 amide bonds. The van der Waals surface area contributed by atoms with Gasteiger partial charge in [-0.1, -0.05) is 19.1 Å². The zero-order valence-electron chi connectivity index (χ0n) is 10.7. The van der Waals surface area contributed by atoms with Gasteiger partial charge in [-0.05, 0) is 18.8 Å². The Bertz CT molecular complexity index is 314. The van der Waals surface area contributed by atoms with E-state index in [1.54, 1.807) is 0 Å². The maximum absolute atomic E-state index is 10.9. The third kappa shape index (κ3) is 3.88. The summed E-state index contributed by atoms with van der Waals surface area (Å²) < 4.78 is 10.2. The van der Waals surface area contributed by atoms with E-state index in [9.17, 15) is 9.59 Å². The summed E-state index contributed by atoms with van der Waals surface area (Å²) in [5, 5.41) is 0. The molecule has 1 unspecified atom stereocenters. The van der Waals surface area contributed by atoms with Crippen LogP contribution in [0.4, 0.5) is 0 Å². The second-order valence-electron chi connectivity index (χ2n) is 5.00. The molecule has 1 rings (SSSR count). The van der Waals surface area contributed by atoms with E-state index in [-0.39, 0.29) is 17.4 Å². The Kier molecular flexibility index (Phi) is 4.32. The van der Waals surface area contributed by atoms with Crippen molar-refractivity contribution in [2.45, 2.75) is 33.6 Å². The summed E-state index contributed by atoms with van der Waals surface area (Å²) >= 11 is 0. The average molecular weight is 240 g/mol. The summed E-state index contributed by atoms with van der Waals surface area (Å²) in [4.78, 5) is 21.8. The molecule has 0 aromatic heterocycles. The summed E-state index contributed by atoms with van der Waals surface area (Å²) in [6.07, 6.45) is 1.58. The highest BCUT2D eigenvalue weighted by molar-refractivity contribution is 5.66. The third-order valence-corrected chi connectivity index (χ3v) is 3.20. The molecule has 0 heterocycles. The fourth-order valence-electron chi connectivity index (χ4n) is 2.29. The molecule has 0 aromatic rings. The van der Waals surface area contributed by atoms with Gasteiger partial charge >= 0.3 is 11.9 Å². The second kappa shape index (κ2) is 5.34. The van der Waals surface area contributed by atoms with Gasteiger partial charge in [0, 0.05) is 19.3 Å². The quantitative estimate of drug-likeness (QED) is 0.557. The Morgan fingerprint density at radius 1 is 1.29 bits per heavy atom. The zero-order valence-corrected chi connectivity index (χ0v) is 10.7. The first kappa shape index (κ1) is 13.7. The smallest absolute Gasteiger partial charge is 0.302 e. The molecule has 96 valence electrons. The molecule has 0 aromatic carbocycles. The van der Waals surface area contributed by atoms with Gasteiger partial charge in [0.05, 0.1) is 0 Å². The van der Waals surface area contributed by atoms with Crippen molar-refractivity contribution in [1.29, 1.82) is 0 Å². The van der Waals surface area contributed by atoms with Gasteiger partial charge in [0.1, 0.15) is 13.2 Å². The number of ether oxygens (including phenoxy) is 2. The standard InChI is InChI=1S/C13H20O4/c1-9-5-13(6-10(9)2,7-16-11(3)14)8-17-12(4)15/h10H,1,5-8H2,2-4H3. The summed E-state index contributed by atoms with van der Waals surface area (Å²) in [6.45, 7) is 9.44. The Morgan fingerprint density at radius 2 is 1.76 bits per heavy atom. The van der Waals surface area contributed by atoms with Gasteiger partial charge in [0.2, 0.25) is 0 Å². The predicted octanol–water partition coefficient (Wildman–Crippen LogP) is 2.09. The Labute approximate surface area is 102 Å². The van der Waals surface area contributed by atoms with Crippen molar-refractivity contribution in [3.63, 3.8) is 0 Å². The molecular formula is C13H20O4. The molecule has 0 saturated heterocycles. The lowest BCUT2D eigenvalue weighted by molar-refractivity contribution is -0.151. The molecule has 1 aliphatic rings. The Balaban J connectivity index is 2.67. The van der Waals surface area contributed by atoms with E-state index in [4.69, 9.17) is 9.47 Å². The van der Waals surface area contributed by atoms with Gasteiger partial charge in [-0.25, -0.2) is 0 Å². The molecular weight excluding hydrogens is 220 g/mol. The van der Waals surface area contributed by atoms with Crippen LogP contribution in [0.25, 0.3) is 0 Å². The van der Waals surface area contributed by atoms with Gasteiger partial charge in [-0.3, -0.25) is 9.59 Å². The molecule has 1 aliphatic carbocycles. The lowest BCUT2D eigenvalue weighted by Gasteiger charge is -2.27. The van der Waals surface area contributed by atoms with Gasteiger partial charge in [-0.15, -0.1) is 0 Å². The minimum Gasteiger partial charge on any atom is -0.465 e. The van der Waals surface area contributed by atoms with Crippen molar-refractivity contribution in [2.75, 3.05) is 13.2 Å². The van der Waals surface area contributed by atoms with E-state index in [1.165, 1.54) is 13.8 Å². The molecule has 0 spiro atoms. The first-order valence-electron chi connectivity index (χ1n) is 5.79. The molecule has 17 heavy (non-hydrogen) atoms. The largest absolute Gasteiger partial charge is 0.465 e. The van der Waals surface area contributed by atoms with E-state index >= 15 is 0 Å². The highest BCUT2D eigenvalue weighted by atomic mass is 16.5. The zero-order chi connectivity index (χ0) is 13.1. The van der Waals surface area contributed by atoms with Crippen molar-refractivity contribution in [3.8, 4) is 0 Å². The molecule has 1 fully saturated rings. The van der Waals surface area contributed by atoms with Gasteiger partial charge in [0.25, 0.3) is 0 Å². The molecule has 0 bridgehead atoms. The lowest BCUT2D eigenvalue weighted by Crippen LogP contribution is -2.31. The highest BCUT2D eigenvalue weighted by Gasteiger charge is 2.41. The fourth-order valence-corrected chi connectivity index (χ4v) is 2.29. The Morgan fingerprint density at radius 3 is 2.06 bits per heavy atom. The van der Waals surface area contributed by atoms with Crippen molar-refractivity contribution in [2.24, 2.45) is 11.3 Å². The van der Waals surface area contributed by atoms with E-state index in [0.29, 0.717) is 19.1 Å². The molecule has 1 saturated carbocycles. The van der Waals surface area contributed by atoms with Crippen LogP contribution in [0.1, 0.15) is 33.6 Å². The van der Waals surface area contributed by atoms with E-state index in [1.807, 2.05) is 0 Å². The van der Waals surface area contributed by atoms with Crippen molar-refractivity contribution in [1.82, 2.24) is 0 Å². The molecule has 0 aliphatic heterocycles. The van der Waals surface area contributed by atoms with Crippen LogP contribution < -0.4 is 0 Å². The number of esters is 2. The van der Waals surface area contributed by atoms with Crippen LogP contribution in [0.3, 0.4) is 0 Å². The van der Waals surface area contributed by atoms with Crippen LogP contribution in [-0.4, -0.2) is 25.2 Å². The number of hydrogen-bond acceptors (Lipinski definition) is 4. The van der Waals surface area contributed by atoms with Crippen LogP contribution >= 0.6 is 0 Å². The van der Waals surface area contributed by atoms with Crippen molar-refractivity contribution < 1.29 is 19.1 Å². The number of rotatable bonds is 4. The van der Waals surface area contributed by atoms with Crippen LogP contribution in [0.15, 0.2) is 12.2 Å². The minimum atomic E-state index is -0.308. The SMILES string of the molecule is C=C1CC(COC(C)=O)(COC(C)=O)CC1C. The number of carbonyl (C=O) groups is 2. The van der Waals surface area contributed by atoms with Crippen LogP contribution in [0.2, 0.25) is 0 Å². The Hall–Kier alpha value is -1.32. The van der Waals surface area contributed by atoms with Crippen LogP contribution in [-0.2, 0) is 19.1 Å². The first-order valence-corrected chi connectivity index (χ1v) is 5.79. The predicted molar refractivity (Wildman–Crippen MR) is 63.2 cm³/mol. The van der Waals surface area contributed by atoms with Crippen LogP contribution in [0, 0.1) is 11.3 Å². The molecule has 0 N–H and O–H groups in total. The maximum Gasteiger partial charge on any atom is 0.302 e. The first-order chi connectivity index (χ1) is 7.84. The highest BCUT2D eigenvalue weighted by Crippen LogP contribution is 2.45. The fraction of sp³-hybridized carbons (Fsp3) is 0.692. The minimum absolute atomic E-state index is 0.284. The number of carbonyl (C=O) groups excluding carboxylic acids is 2. The van der Waals surface area contributed by atoms with E-state index < -0.39 is 0 Å². The molecule has 4 nitrogen and oxygen atoms in total. The third-order valence-electron chi connectivity index (χ3n) is 3.20.